The van der Waals surface area contributed by atoms with Gasteiger partial charge in [0.05, 0.1) is 11.6 Å². The van der Waals surface area contributed by atoms with Gasteiger partial charge in [0.25, 0.3) is 0 Å². The van der Waals surface area contributed by atoms with Gasteiger partial charge in [0.2, 0.25) is 0 Å². The van der Waals surface area contributed by atoms with E-state index in [0.29, 0.717) is 5.56 Å². The van der Waals surface area contributed by atoms with E-state index in [1.54, 1.807) is 12.1 Å². The van der Waals surface area contributed by atoms with Crippen LogP contribution in [0.25, 0.3) is 0 Å². The molecule has 62 valence electrons. The smallest absolute Gasteiger partial charge is 0.0992 e. The minimum Gasteiger partial charge on any atom is -0.377 e. The largest absolute Gasteiger partial charge is 0.377 e. The first-order chi connectivity index (χ1) is 5.65. The molecular weight excluding hydrogens is 168 g/mol. The second-order valence-electron chi connectivity index (χ2n) is 2.71. The molecule has 0 saturated heterocycles. The quantitative estimate of drug-likeness (QED) is 0.665. The third-order valence-corrected chi connectivity index (χ3v) is 1.94. The molecule has 2 nitrogen and oxygen atoms in total. The van der Waals surface area contributed by atoms with Crippen LogP contribution in [-0.4, -0.2) is 14.1 Å². The van der Waals surface area contributed by atoms with Crippen LogP contribution >= 0.6 is 12.6 Å². The highest BCUT2D eigenvalue weighted by molar-refractivity contribution is 7.80. The van der Waals surface area contributed by atoms with Crippen LogP contribution in [0, 0.1) is 11.3 Å². The van der Waals surface area contributed by atoms with E-state index >= 15 is 0 Å². The van der Waals surface area contributed by atoms with Crippen LogP contribution in [0.15, 0.2) is 23.1 Å². The maximum Gasteiger partial charge on any atom is 0.0992 e. The molecule has 0 fully saturated rings. The van der Waals surface area contributed by atoms with Gasteiger partial charge in [-0.2, -0.15) is 5.26 Å². The van der Waals surface area contributed by atoms with Gasteiger partial charge in [-0.05, 0) is 18.2 Å². The Kier molecular flexibility index (Phi) is 2.61. The summed E-state index contributed by atoms with van der Waals surface area (Å²) in [6.07, 6.45) is 0. The van der Waals surface area contributed by atoms with Crippen molar-refractivity contribution in [3.8, 4) is 6.07 Å². The molecule has 1 aromatic carbocycles. The van der Waals surface area contributed by atoms with E-state index in [1.165, 1.54) is 0 Å². The van der Waals surface area contributed by atoms with Crippen molar-refractivity contribution in [1.29, 1.82) is 5.26 Å². The molecule has 0 spiro atoms. The summed E-state index contributed by atoms with van der Waals surface area (Å²) in [5, 5.41) is 8.59. The molecule has 0 radical (unpaired) electrons. The standard InChI is InChI=1S/C9H10N2S/c1-11(2)8-4-3-7(6-10)5-9(8)12/h3-5,12H,1-2H3. The summed E-state index contributed by atoms with van der Waals surface area (Å²) >= 11 is 4.27. The van der Waals surface area contributed by atoms with Crippen LogP contribution in [0.1, 0.15) is 5.56 Å². The van der Waals surface area contributed by atoms with E-state index < -0.39 is 0 Å². The fraction of sp³-hybridized carbons (Fsp3) is 0.222. The molecule has 1 aromatic rings. The molecule has 0 aliphatic carbocycles. The average Bonchev–Trinajstić information content (AvgIpc) is 2.03. The van der Waals surface area contributed by atoms with Crippen LogP contribution in [0.5, 0.6) is 0 Å². The van der Waals surface area contributed by atoms with E-state index in [2.05, 4.69) is 18.7 Å². The number of nitriles is 1. The van der Waals surface area contributed by atoms with E-state index in [9.17, 15) is 0 Å². The van der Waals surface area contributed by atoms with Crippen molar-refractivity contribution in [2.75, 3.05) is 19.0 Å². The van der Waals surface area contributed by atoms with Crippen molar-refractivity contribution in [1.82, 2.24) is 0 Å². The Morgan fingerprint density at radius 1 is 1.42 bits per heavy atom. The van der Waals surface area contributed by atoms with Gasteiger partial charge in [0.15, 0.2) is 0 Å². The highest BCUT2D eigenvalue weighted by atomic mass is 32.1. The van der Waals surface area contributed by atoms with Crippen LogP contribution < -0.4 is 4.90 Å². The lowest BCUT2D eigenvalue weighted by atomic mass is 10.2. The van der Waals surface area contributed by atoms with Gasteiger partial charge in [0.1, 0.15) is 0 Å². The maximum atomic E-state index is 8.59. The number of benzene rings is 1. The number of rotatable bonds is 1. The fourth-order valence-electron chi connectivity index (χ4n) is 0.971. The first-order valence-electron chi connectivity index (χ1n) is 3.55. The van der Waals surface area contributed by atoms with Gasteiger partial charge in [-0.15, -0.1) is 12.6 Å². The summed E-state index contributed by atoms with van der Waals surface area (Å²) in [6.45, 7) is 0. The second-order valence-corrected chi connectivity index (χ2v) is 3.19. The molecule has 0 aliphatic rings. The zero-order valence-electron chi connectivity index (χ0n) is 7.07. The summed E-state index contributed by atoms with van der Waals surface area (Å²) in [6, 6.07) is 7.51. The van der Waals surface area contributed by atoms with Crippen molar-refractivity contribution in [2.45, 2.75) is 4.90 Å². The van der Waals surface area contributed by atoms with E-state index in [1.807, 2.05) is 25.1 Å². The number of anilines is 1. The lowest BCUT2D eigenvalue weighted by Gasteiger charge is -2.14. The Morgan fingerprint density at radius 3 is 2.50 bits per heavy atom. The Labute approximate surface area is 77.8 Å². The SMILES string of the molecule is CN(C)c1ccc(C#N)cc1S. The zero-order valence-corrected chi connectivity index (χ0v) is 7.97. The third-order valence-electron chi connectivity index (χ3n) is 1.59. The van der Waals surface area contributed by atoms with Gasteiger partial charge in [-0.25, -0.2) is 0 Å². The highest BCUT2D eigenvalue weighted by Gasteiger charge is 2.01. The van der Waals surface area contributed by atoms with Gasteiger partial charge < -0.3 is 4.90 Å². The maximum absolute atomic E-state index is 8.59. The second kappa shape index (κ2) is 3.51. The Morgan fingerprint density at radius 2 is 2.08 bits per heavy atom. The van der Waals surface area contributed by atoms with Crippen molar-refractivity contribution in [3.05, 3.63) is 23.8 Å². The normalized spacial score (nSPS) is 9.17. The number of thiol groups is 1. The molecule has 0 bridgehead atoms. The first kappa shape index (κ1) is 8.95. The molecule has 0 heterocycles. The Balaban J connectivity index is 3.14. The lowest BCUT2D eigenvalue weighted by Crippen LogP contribution is -2.09. The molecule has 12 heavy (non-hydrogen) atoms. The number of hydrogen-bond donors (Lipinski definition) is 1. The summed E-state index contributed by atoms with van der Waals surface area (Å²) in [7, 11) is 3.89. The third kappa shape index (κ3) is 1.72. The van der Waals surface area contributed by atoms with Gasteiger partial charge in [0, 0.05) is 24.7 Å². The van der Waals surface area contributed by atoms with E-state index in [0.717, 1.165) is 10.6 Å². The summed E-state index contributed by atoms with van der Waals surface area (Å²) in [5.74, 6) is 0. The molecule has 0 N–H and O–H groups in total. The summed E-state index contributed by atoms with van der Waals surface area (Å²) in [5.41, 5.74) is 1.67. The summed E-state index contributed by atoms with van der Waals surface area (Å²) in [4.78, 5) is 2.79. The zero-order chi connectivity index (χ0) is 9.14. The van der Waals surface area contributed by atoms with Gasteiger partial charge >= 0.3 is 0 Å². The fourth-order valence-corrected chi connectivity index (χ4v) is 1.38. The van der Waals surface area contributed by atoms with Gasteiger partial charge in [-0.3, -0.25) is 0 Å². The molecule has 0 unspecified atom stereocenters. The highest BCUT2D eigenvalue weighted by Crippen LogP contribution is 2.22. The van der Waals surface area contributed by atoms with Gasteiger partial charge in [-0.1, -0.05) is 0 Å². The van der Waals surface area contributed by atoms with Crippen LogP contribution in [0.4, 0.5) is 5.69 Å². The predicted molar refractivity (Wildman–Crippen MR) is 52.7 cm³/mol. The van der Waals surface area contributed by atoms with Crippen LogP contribution in [0.3, 0.4) is 0 Å². The molecule has 0 saturated carbocycles. The number of nitrogens with zero attached hydrogens (tertiary/aromatic N) is 2. The Bertz CT molecular complexity index is 326. The molecular formula is C9H10N2S. The van der Waals surface area contributed by atoms with E-state index in [-0.39, 0.29) is 0 Å². The molecule has 1 rings (SSSR count). The van der Waals surface area contributed by atoms with Crippen LogP contribution in [-0.2, 0) is 0 Å². The summed E-state index contributed by atoms with van der Waals surface area (Å²) < 4.78 is 0. The molecule has 3 heteroatoms. The predicted octanol–water partition coefficient (Wildman–Crippen LogP) is 1.91. The monoisotopic (exact) mass is 178 g/mol. The number of hydrogen-bond acceptors (Lipinski definition) is 3. The van der Waals surface area contributed by atoms with Crippen molar-refractivity contribution in [3.63, 3.8) is 0 Å². The average molecular weight is 178 g/mol. The van der Waals surface area contributed by atoms with Crippen LogP contribution in [0.2, 0.25) is 0 Å². The topological polar surface area (TPSA) is 27.0 Å². The lowest BCUT2D eigenvalue weighted by molar-refractivity contribution is 1.10. The molecule has 0 amide bonds. The van der Waals surface area contributed by atoms with E-state index in [4.69, 9.17) is 5.26 Å². The minimum atomic E-state index is 0.644. The van der Waals surface area contributed by atoms with Crippen molar-refractivity contribution < 1.29 is 0 Å². The molecule has 0 atom stereocenters. The van der Waals surface area contributed by atoms with Crippen molar-refractivity contribution >= 4 is 18.3 Å². The first-order valence-corrected chi connectivity index (χ1v) is 4.00. The molecule has 0 aromatic heterocycles. The Hall–Kier alpha value is -1.14. The van der Waals surface area contributed by atoms with Crippen molar-refractivity contribution in [2.24, 2.45) is 0 Å². The minimum absolute atomic E-state index is 0.644. The molecule has 0 aliphatic heterocycles.